The van der Waals surface area contributed by atoms with Crippen molar-refractivity contribution in [2.75, 3.05) is 18.5 Å². The van der Waals surface area contributed by atoms with Gasteiger partial charge in [-0.2, -0.15) is 0 Å². The number of nitrogens with two attached hydrogens (primary N) is 1. The first-order chi connectivity index (χ1) is 13.4. The highest BCUT2D eigenvalue weighted by molar-refractivity contribution is 7.90. The first kappa shape index (κ1) is 18.5. The molecule has 144 valence electrons. The van der Waals surface area contributed by atoms with Crippen LogP contribution in [0.2, 0.25) is 0 Å². The number of sulfone groups is 1. The minimum atomic E-state index is -3.20. The molecule has 0 saturated heterocycles. The average molecular weight is 395 g/mol. The standard InChI is InChI=1S/C20H21N5O2S/c1-28(26,27)17-7-5-14(6-8-17)18-4-2-3-16(23-18)13-25-10-9-19-15(12-25)11-22-20(21)24-19/h2-8,11H,9-10,12-13H2,1H3,(H2,21,22,24). The van der Waals surface area contributed by atoms with Crippen LogP contribution in [0, 0.1) is 0 Å². The van der Waals surface area contributed by atoms with Gasteiger partial charge in [-0.3, -0.25) is 9.88 Å². The Morgan fingerprint density at radius 3 is 2.64 bits per heavy atom. The molecule has 0 radical (unpaired) electrons. The Morgan fingerprint density at radius 2 is 1.89 bits per heavy atom. The third-order valence-corrected chi connectivity index (χ3v) is 5.93. The molecule has 8 heteroatoms. The van der Waals surface area contributed by atoms with E-state index in [0.29, 0.717) is 10.8 Å². The van der Waals surface area contributed by atoms with Crippen LogP contribution in [0.5, 0.6) is 0 Å². The Morgan fingerprint density at radius 1 is 1.11 bits per heavy atom. The molecule has 0 saturated carbocycles. The maximum Gasteiger partial charge on any atom is 0.220 e. The SMILES string of the molecule is CS(=O)(=O)c1ccc(-c2cccc(CN3CCc4nc(N)ncc4C3)n2)cc1. The van der Waals surface area contributed by atoms with Crippen LogP contribution in [0.1, 0.15) is 17.0 Å². The molecule has 1 aliphatic heterocycles. The first-order valence-corrected chi connectivity index (χ1v) is 10.9. The van der Waals surface area contributed by atoms with E-state index < -0.39 is 9.84 Å². The van der Waals surface area contributed by atoms with E-state index in [2.05, 4.69) is 14.9 Å². The molecule has 0 aliphatic carbocycles. The first-order valence-electron chi connectivity index (χ1n) is 8.97. The van der Waals surface area contributed by atoms with E-state index >= 15 is 0 Å². The van der Waals surface area contributed by atoms with Crippen LogP contribution in [-0.2, 0) is 29.3 Å². The fourth-order valence-electron chi connectivity index (χ4n) is 3.36. The molecule has 28 heavy (non-hydrogen) atoms. The molecule has 3 aromatic rings. The van der Waals surface area contributed by atoms with Gasteiger partial charge in [0.15, 0.2) is 9.84 Å². The fraction of sp³-hybridized carbons (Fsp3) is 0.250. The highest BCUT2D eigenvalue weighted by Crippen LogP contribution is 2.22. The molecule has 0 bridgehead atoms. The zero-order chi connectivity index (χ0) is 19.7. The third-order valence-electron chi connectivity index (χ3n) is 4.80. The summed E-state index contributed by atoms with van der Waals surface area (Å²) in [6.45, 7) is 2.38. The van der Waals surface area contributed by atoms with Gasteiger partial charge in [0.1, 0.15) is 0 Å². The molecule has 0 unspecified atom stereocenters. The molecule has 1 aliphatic rings. The number of fused-ring (bicyclic) bond motifs is 1. The minimum absolute atomic E-state index is 0.308. The van der Waals surface area contributed by atoms with Crippen LogP contribution in [0.3, 0.4) is 0 Å². The second-order valence-electron chi connectivity index (χ2n) is 6.97. The van der Waals surface area contributed by atoms with Crippen LogP contribution in [0.4, 0.5) is 5.95 Å². The number of anilines is 1. The van der Waals surface area contributed by atoms with Gasteiger partial charge in [-0.25, -0.2) is 18.4 Å². The maximum atomic E-state index is 11.6. The third kappa shape index (κ3) is 4.02. The van der Waals surface area contributed by atoms with E-state index in [9.17, 15) is 8.42 Å². The van der Waals surface area contributed by atoms with E-state index in [-0.39, 0.29) is 0 Å². The Kier molecular flexibility index (Phi) is 4.82. The molecule has 0 spiro atoms. The Labute approximate surface area is 164 Å². The van der Waals surface area contributed by atoms with Crippen LogP contribution in [-0.4, -0.2) is 41.1 Å². The molecular weight excluding hydrogens is 374 g/mol. The number of benzene rings is 1. The van der Waals surface area contributed by atoms with Crippen molar-refractivity contribution in [1.29, 1.82) is 0 Å². The summed E-state index contributed by atoms with van der Waals surface area (Å²) in [6, 6.07) is 12.7. The lowest BCUT2D eigenvalue weighted by atomic mass is 10.1. The average Bonchev–Trinajstić information content (AvgIpc) is 2.68. The summed E-state index contributed by atoms with van der Waals surface area (Å²) in [7, 11) is -3.20. The summed E-state index contributed by atoms with van der Waals surface area (Å²) in [4.78, 5) is 15.8. The van der Waals surface area contributed by atoms with Gasteiger partial charge in [-0.05, 0) is 24.3 Å². The molecule has 2 aromatic heterocycles. The van der Waals surface area contributed by atoms with E-state index in [1.165, 1.54) is 6.26 Å². The fourth-order valence-corrected chi connectivity index (χ4v) is 3.99. The van der Waals surface area contributed by atoms with Gasteiger partial charge in [-0.1, -0.05) is 18.2 Å². The van der Waals surface area contributed by atoms with E-state index in [1.54, 1.807) is 30.5 Å². The Balaban J connectivity index is 1.51. The number of rotatable bonds is 4. The van der Waals surface area contributed by atoms with Gasteiger partial charge in [0.05, 0.1) is 22.0 Å². The predicted octanol–water partition coefficient (Wildman–Crippen LogP) is 2.08. The van der Waals surface area contributed by atoms with Gasteiger partial charge in [-0.15, -0.1) is 0 Å². The molecule has 4 rings (SSSR count). The Bertz CT molecular complexity index is 1110. The summed E-state index contributed by atoms with van der Waals surface area (Å²) >= 11 is 0. The summed E-state index contributed by atoms with van der Waals surface area (Å²) < 4.78 is 23.3. The van der Waals surface area contributed by atoms with Crippen LogP contribution >= 0.6 is 0 Å². The van der Waals surface area contributed by atoms with E-state index in [0.717, 1.165) is 54.3 Å². The summed E-state index contributed by atoms with van der Waals surface area (Å²) in [5, 5.41) is 0. The second kappa shape index (κ2) is 7.29. The zero-order valence-corrected chi connectivity index (χ0v) is 16.4. The molecule has 2 N–H and O–H groups in total. The lowest BCUT2D eigenvalue weighted by Gasteiger charge is -2.27. The quantitative estimate of drug-likeness (QED) is 0.721. The topological polar surface area (TPSA) is 102 Å². The molecule has 0 fully saturated rings. The van der Waals surface area contributed by atoms with Gasteiger partial charge in [0.2, 0.25) is 5.95 Å². The van der Waals surface area contributed by atoms with Crippen LogP contribution in [0.15, 0.2) is 53.6 Å². The van der Waals surface area contributed by atoms with Crippen molar-refractivity contribution in [3.8, 4) is 11.3 Å². The van der Waals surface area contributed by atoms with Gasteiger partial charge < -0.3 is 5.73 Å². The van der Waals surface area contributed by atoms with Gasteiger partial charge in [0, 0.05) is 49.6 Å². The van der Waals surface area contributed by atoms with E-state index in [4.69, 9.17) is 10.7 Å². The van der Waals surface area contributed by atoms with Gasteiger partial charge in [0.25, 0.3) is 0 Å². The minimum Gasteiger partial charge on any atom is -0.368 e. The van der Waals surface area contributed by atoms with Crippen molar-refractivity contribution in [1.82, 2.24) is 19.9 Å². The van der Waals surface area contributed by atoms with Crippen molar-refractivity contribution in [3.05, 3.63) is 65.6 Å². The monoisotopic (exact) mass is 395 g/mol. The highest BCUT2D eigenvalue weighted by atomic mass is 32.2. The van der Waals surface area contributed by atoms with Crippen molar-refractivity contribution < 1.29 is 8.42 Å². The number of aromatic nitrogens is 3. The number of nitrogen functional groups attached to an aromatic ring is 1. The Hall–Kier alpha value is -2.84. The summed E-state index contributed by atoms with van der Waals surface area (Å²) in [5.74, 6) is 0.323. The number of nitrogens with zero attached hydrogens (tertiary/aromatic N) is 4. The molecular formula is C20H21N5O2S. The summed E-state index contributed by atoms with van der Waals surface area (Å²) in [6.07, 6.45) is 3.85. The molecule has 0 atom stereocenters. The largest absolute Gasteiger partial charge is 0.368 e. The smallest absolute Gasteiger partial charge is 0.220 e. The van der Waals surface area contributed by atoms with Crippen molar-refractivity contribution >= 4 is 15.8 Å². The molecule has 1 aromatic carbocycles. The highest BCUT2D eigenvalue weighted by Gasteiger charge is 2.18. The second-order valence-corrected chi connectivity index (χ2v) is 8.99. The van der Waals surface area contributed by atoms with Crippen molar-refractivity contribution in [3.63, 3.8) is 0 Å². The van der Waals surface area contributed by atoms with Crippen LogP contribution < -0.4 is 5.73 Å². The maximum absolute atomic E-state index is 11.6. The number of hydrogen-bond acceptors (Lipinski definition) is 7. The molecule has 3 heterocycles. The molecule has 0 amide bonds. The van der Waals surface area contributed by atoms with Crippen molar-refractivity contribution in [2.45, 2.75) is 24.4 Å². The zero-order valence-electron chi connectivity index (χ0n) is 15.5. The predicted molar refractivity (Wildman–Crippen MR) is 107 cm³/mol. The molecule has 7 nitrogen and oxygen atoms in total. The number of hydrogen-bond donors (Lipinski definition) is 1. The lowest BCUT2D eigenvalue weighted by Crippen LogP contribution is -2.31. The lowest BCUT2D eigenvalue weighted by molar-refractivity contribution is 0.240. The summed E-state index contributed by atoms with van der Waals surface area (Å²) in [5.41, 5.74) is 10.5. The van der Waals surface area contributed by atoms with Gasteiger partial charge >= 0.3 is 0 Å². The van der Waals surface area contributed by atoms with E-state index in [1.807, 2.05) is 18.2 Å². The van der Waals surface area contributed by atoms with Crippen molar-refractivity contribution in [2.24, 2.45) is 0 Å². The van der Waals surface area contributed by atoms with Crippen LogP contribution in [0.25, 0.3) is 11.3 Å². The number of pyridine rings is 1. The normalized spacial score (nSPS) is 14.6.